The Morgan fingerprint density at radius 1 is 1.18 bits per heavy atom. The molecule has 5 heterocycles. The molecule has 7 rings (SSSR count). The first-order chi connectivity index (χ1) is 23.4. The summed E-state index contributed by atoms with van der Waals surface area (Å²) in [5.41, 5.74) is 3.27. The number of carbonyl (C=O) groups is 2. The Hall–Kier alpha value is -4.57. The Balaban J connectivity index is 1.26. The van der Waals surface area contributed by atoms with Gasteiger partial charge in [-0.3, -0.25) is 14.3 Å². The first-order valence-electron chi connectivity index (χ1n) is 16.5. The van der Waals surface area contributed by atoms with E-state index in [1.165, 1.54) is 21.7 Å². The quantitative estimate of drug-likeness (QED) is 0.263. The van der Waals surface area contributed by atoms with Crippen molar-refractivity contribution in [3.8, 4) is 0 Å². The third-order valence-corrected chi connectivity index (χ3v) is 10.1. The number of aryl methyl sites for hydroxylation is 1. The number of aromatic nitrogens is 8. The summed E-state index contributed by atoms with van der Waals surface area (Å²) in [6, 6.07) is 0.812. The molecule has 4 aromatic heterocycles. The summed E-state index contributed by atoms with van der Waals surface area (Å²) in [5, 5.41) is 14.3. The highest BCUT2D eigenvalue weighted by atomic mass is 19.4. The van der Waals surface area contributed by atoms with Crippen LogP contribution in [0.2, 0.25) is 0 Å². The van der Waals surface area contributed by atoms with Crippen molar-refractivity contribution in [1.82, 2.24) is 50.0 Å². The lowest BCUT2D eigenvalue weighted by Gasteiger charge is -2.33. The number of fused-ring (bicyclic) bond motifs is 2. The number of alkyl halides is 5. The summed E-state index contributed by atoms with van der Waals surface area (Å²) < 4.78 is 72.4. The zero-order chi connectivity index (χ0) is 34.5. The van der Waals surface area contributed by atoms with Gasteiger partial charge in [-0.05, 0) is 56.6 Å². The van der Waals surface area contributed by atoms with Crippen molar-refractivity contribution in [3.05, 3.63) is 65.0 Å². The van der Waals surface area contributed by atoms with Crippen LogP contribution in [0.1, 0.15) is 89.8 Å². The van der Waals surface area contributed by atoms with E-state index in [0.29, 0.717) is 42.2 Å². The molecular formula is C32H35F5N10O2. The lowest BCUT2D eigenvalue weighted by atomic mass is 9.81. The van der Waals surface area contributed by atoms with Gasteiger partial charge < -0.3 is 10.6 Å². The number of amides is 2. The van der Waals surface area contributed by atoms with Crippen molar-refractivity contribution < 1.29 is 31.5 Å². The molecule has 2 fully saturated rings. The highest BCUT2D eigenvalue weighted by Gasteiger charge is 2.45. The molecule has 2 amide bonds. The molecule has 4 unspecified atom stereocenters. The van der Waals surface area contributed by atoms with Gasteiger partial charge in [0.15, 0.2) is 0 Å². The zero-order valence-corrected chi connectivity index (χ0v) is 26.6. The van der Waals surface area contributed by atoms with Crippen molar-refractivity contribution in [3.63, 3.8) is 0 Å². The molecule has 0 aromatic carbocycles. The van der Waals surface area contributed by atoms with Crippen LogP contribution in [0.25, 0.3) is 5.78 Å². The molecule has 4 aromatic rings. The fourth-order valence-electron chi connectivity index (χ4n) is 7.39. The van der Waals surface area contributed by atoms with Gasteiger partial charge in [-0.1, -0.05) is 0 Å². The van der Waals surface area contributed by atoms with E-state index < -0.39 is 48.3 Å². The number of carbonyl (C=O) groups excluding carboxylic acids is 2. The second-order valence-electron chi connectivity index (χ2n) is 13.3. The van der Waals surface area contributed by atoms with Crippen LogP contribution >= 0.6 is 0 Å². The van der Waals surface area contributed by atoms with E-state index in [9.17, 15) is 31.5 Å². The van der Waals surface area contributed by atoms with Crippen LogP contribution in [0.4, 0.5) is 22.0 Å². The summed E-state index contributed by atoms with van der Waals surface area (Å²) in [4.78, 5) is 44.4. The van der Waals surface area contributed by atoms with E-state index in [2.05, 4.69) is 25.7 Å². The van der Waals surface area contributed by atoms with Crippen molar-refractivity contribution in [2.24, 2.45) is 17.8 Å². The Bertz CT molecular complexity index is 1840. The van der Waals surface area contributed by atoms with Crippen LogP contribution in [0.5, 0.6) is 0 Å². The molecule has 3 aliphatic rings. The number of hydrogen-bond donors (Lipinski definition) is 2. The third-order valence-electron chi connectivity index (χ3n) is 10.1. The predicted molar refractivity (Wildman–Crippen MR) is 162 cm³/mol. The third kappa shape index (κ3) is 6.71. The van der Waals surface area contributed by atoms with Crippen LogP contribution in [0.15, 0.2) is 31.0 Å². The fraction of sp³-hybridized carbons (Fsp3) is 0.562. The number of nitrogens with one attached hydrogen (secondary N) is 2. The van der Waals surface area contributed by atoms with Gasteiger partial charge in [-0.2, -0.15) is 23.4 Å². The van der Waals surface area contributed by atoms with Gasteiger partial charge in [0.25, 0.3) is 11.7 Å². The average molecular weight is 687 g/mol. The maximum Gasteiger partial charge on any atom is 0.393 e. The molecule has 1 aliphatic heterocycles. The largest absolute Gasteiger partial charge is 0.393 e. The predicted octanol–water partition coefficient (Wildman–Crippen LogP) is 4.17. The Morgan fingerprint density at radius 3 is 2.71 bits per heavy atom. The van der Waals surface area contributed by atoms with E-state index in [4.69, 9.17) is 15.1 Å². The second-order valence-corrected chi connectivity index (χ2v) is 13.3. The van der Waals surface area contributed by atoms with Crippen LogP contribution in [-0.4, -0.2) is 69.8 Å². The maximum absolute atomic E-state index is 14.2. The first-order valence-corrected chi connectivity index (χ1v) is 16.5. The number of imidazole rings is 1. The molecule has 49 heavy (non-hydrogen) atoms. The number of rotatable bonds is 8. The summed E-state index contributed by atoms with van der Waals surface area (Å²) in [6.07, 6.45) is 1.96. The number of nitrogens with zero attached hydrogens (tertiary/aromatic N) is 8. The van der Waals surface area contributed by atoms with Gasteiger partial charge >= 0.3 is 6.18 Å². The van der Waals surface area contributed by atoms with E-state index in [0.717, 1.165) is 11.3 Å². The lowest BCUT2D eigenvalue weighted by molar-refractivity contribution is -0.183. The minimum absolute atomic E-state index is 0.0817. The Morgan fingerprint density at radius 2 is 1.98 bits per heavy atom. The SMILES string of the molecule is CCn1nccc1C(=O)NC(c1cn2nc(CC3CC(C(F)(F)F)CNC3=O)c(C3Cc4cncnc4C3)nc2n1)C1CCC(F)(F)CC1. The summed E-state index contributed by atoms with van der Waals surface area (Å²) in [7, 11) is 0. The summed E-state index contributed by atoms with van der Waals surface area (Å²) in [6.45, 7) is 1.81. The molecule has 17 heteroatoms. The average Bonchev–Trinajstić information content (AvgIpc) is 3.82. The van der Waals surface area contributed by atoms with E-state index in [1.54, 1.807) is 18.5 Å². The van der Waals surface area contributed by atoms with Crippen molar-refractivity contribution in [1.29, 1.82) is 0 Å². The van der Waals surface area contributed by atoms with Gasteiger partial charge in [-0.15, -0.1) is 0 Å². The molecule has 0 spiro atoms. The lowest BCUT2D eigenvalue weighted by Crippen LogP contribution is -2.47. The van der Waals surface area contributed by atoms with Crippen LogP contribution in [0.3, 0.4) is 0 Å². The molecule has 12 nitrogen and oxygen atoms in total. The smallest absolute Gasteiger partial charge is 0.355 e. The Kier molecular flexibility index (Phi) is 8.55. The standard InChI is InChI=1S/C32H35F5N10O2/c1-2-46-25(5-8-41-46)29(49)43-26(17-3-6-31(33,34)7-4-17)24-15-47-30(42-24)44-27(18-9-20-13-38-16-40-22(20)11-18)23(45-47)12-19-10-21(32(35,36)37)14-39-28(19)48/h5,8,13,15-19,21,26H,2-4,6-7,9-12,14H2,1H3,(H,39,48)(H,43,49). The van der Waals surface area contributed by atoms with Gasteiger partial charge in [0.05, 0.1) is 35.2 Å². The van der Waals surface area contributed by atoms with E-state index in [1.807, 2.05) is 6.92 Å². The van der Waals surface area contributed by atoms with Gasteiger partial charge in [0.2, 0.25) is 11.8 Å². The minimum atomic E-state index is -4.47. The molecule has 260 valence electrons. The zero-order valence-electron chi connectivity index (χ0n) is 26.6. The van der Waals surface area contributed by atoms with Gasteiger partial charge in [0.1, 0.15) is 12.0 Å². The van der Waals surface area contributed by atoms with Crippen molar-refractivity contribution in [2.75, 3.05) is 6.54 Å². The normalized spacial score (nSPS) is 23.3. The number of hydrogen-bond acceptors (Lipinski definition) is 8. The number of piperidine rings is 1. The topological polar surface area (TPSA) is 145 Å². The maximum atomic E-state index is 14.2. The van der Waals surface area contributed by atoms with Crippen LogP contribution < -0.4 is 10.6 Å². The van der Waals surface area contributed by atoms with Gasteiger partial charge in [0, 0.05) is 62.3 Å². The Labute approximate surface area is 277 Å². The highest BCUT2D eigenvalue weighted by molar-refractivity contribution is 5.92. The highest BCUT2D eigenvalue weighted by Crippen LogP contribution is 2.42. The molecule has 1 saturated heterocycles. The summed E-state index contributed by atoms with van der Waals surface area (Å²) in [5.74, 6) is -6.81. The molecular weight excluding hydrogens is 651 g/mol. The van der Waals surface area contributed by atoms with Crippen molar-refractivity contribution in [2.45, 2.75) is 88.9 Å². The molecule has 4 atom stereocenters. The van der Waals surface area contributed by atoms with Gasteiger partial charge in [-0.25, -0.2) is 33.2 Å². The molecule has 0 bridgehead atoms. The first kappa shape index (κ1) is 33.0. The second kappa shape index (κ2) is 12.7. The molecule has 1 saturated carbocycles. The minimum Gasteiger partial charge on any atom is -0.355 e. The van der Waals surface area contributed by atoms with Crippen LogP contribution in [-0.2, 0) is 30.6 Å². The van der Waals surface area contributed by atoms with E-state index >= 15 is 0 Å². The van der Waals surface area contributed by atoms with Crippen LogP contribution in [0, 0.1) is 17.8 Å². The molecule has 0 radical (unpaired) electrons. The fourth-order valence-corrected chi connectivity index (χ4v) is 7.39. The molecule has 2 aliphatic carbocycles. The molecule has 2 N–H and O–H groups in total. The van der Waals surface area contributed by atoms with E-state index in [-0.39, 0.29) is 56.1 Å². The summed E-state index contributed by atoms with van der Waals surface area (Å²) >= 11 is 0. The number of halogens is 5. The van der Waals surface area contributed by atoms with Crippen molar-refractivity contribution >= 4 is 17.6 Å². The monoisotopic (exact) mass is 686 g/mol.